The van der Waals surface area contributed by atoms with E-state index in [1.54, 1.807) is 12.3 Å². The van der Waals surface area contributed by atoms with Crippen molar-refractivity contribution in [2.45, 2.75) is 37.6 Å². The van der Waals surface area contributed by atoms with Gasteiger partial charge in [0.25, 0.3) is 0 Å². The van der Waals surface area contributed by atoms with Crippen LogP contribution in [0.2, 0.25) is 0 Å². The molecule has 4 rings (SSSR count). The van der Waals surface area contributed by atoms with E-state index in [2.05, 4.69) is 29.6 Å². The summed E-state index contributed by atoms with van der Waals surface area (Å²) in [6, 6.07) is 12.8. The lowest BCUT2D eigenvalue weighted by atomic mass is 9.89. The second-order valence-electron chi connectivity index (χ2n) is 6.27. The topological polar surface area (TPSA) is 42.2 Å². The summed E-state index contributed by atoms with van der Waals surface area (Å²) in [6.07, 6.45) is 6.93. The Morgan fingerprint density at radius 2 is 1.73 bits per heavy atom. The zero-order valence-electron chi connectivity index (χ0n) is 12.4. The minimum absolute atomic E-state index is 0.166. The van der Waals surface area contributed by atoms with Gasteiger partial charge in [-0.2, -0.15) is 0 Å². The molecule has 1 atom stereocenters. The predicted molar refractivity (Wildman–Crippen MR) is 84.5 cm³/mol. The van der Waals surface area contributed by atoms with Crippen molar-refractivity contribution in [1.29, 1.82) is 0 Å². The lowest BCUT2D eigenvalue weighted by Crippen LogP contribution is -2.31. The average molecular weight is 293 g/mol. The molecule has 0 radical (unpaired) electrons. The molecule has 1 aromatic heterocycles. The highest BCUT2D eigenvalue weighted by Crippen LogP contribution is 2.32. The van der Waals surface area contributed by atoms with Crippen LogP contribution in [0.25, 0.3) is 0 Å². The number of ketones is 1. The lowest BCUT2D eigenvalue weighted by molar-refractivity contribution is -0.115. The molecular formula is C19H19NO2. The third-order valence-electron chi connectivity index (χ3n) is 4.64. The Morgan fingerprint density at radius 1 is 0.955 bits per heavy atom. The Bertz CT molecular complexity index is 690. The first kappa shape index (κ1) is 13.4. The number of fused-ring (bicyclic) bond motifs is 1. The second-order valence-corrected chi connectivity index (χ2v) is 6.27. The van der Waals surface area contributed by atoms with E-state index < -0.39 is 0 Å². The summed E-state index contributed by atoms with van der Waals surface area (Å²) in [5, 5.41) is 3.59. The molecule has 0 amide bonds. The molecule has 0 aliphatic heterocycles. The Labute approximate surface area is 130 Å². The van der Waals surface area contributed by atoms with Gasteiger partial charge in [-0.05, 0) is 42.5 Å². The van der Waals surface area contributed by atoms with Gasteiger partial charge in [-0.15, -0.1) is 0 Å². The summed E-state index contributed by atoms with van der Waals surface area (Å²) >= 11 is 0. The Morgan fingerprint density at radius 3 is 2.41 bits per heavy atom. The molecule has 2 aliphatic carbocycles. The minimum atomic E-state index is 0.166. The average Bonchev–Trinajstić information content (AvgIpc) is 3.15. The van der Waals surface area contributed by atoms with E-state index in [1.807, 2.05) is 12.1 Å². The highest BCUT2D eigenvalue weighted by Gasteiger charge is 2.27. The predicted octanol–water partition coefficient (Wildman–Crippen LogP) is 3.37. The highest BCUT2D eigenvalue weighted by atomic mass is 16.3. The summed E-state index contributed by atoms with van der Waals surface area (Å²) in [6.45, 7) is 0. The van der Waals surface area contributed by atoms with Crippen molar-refractivity contribution in [2.75, 3.05) is 0 Å². The lowest BCUT2D eigenvalue weighted by Gasteiger charge is -2.24. The number of nitrogens with one attached hydrogen (secondary N) is 1. The van der Waals surface area contributed by atoms with E-state index in [0.717, 1.165) is 30.7 Å². The van der Waals surface area contributed by atoms with Crippen molar-refractivity contribution < 1.29 is 9.21 Å². The smallest absolute Gasteiger partial charge is 0.158 e. The van der Waals surface area contributed by atoms with Gasteiger partial charge in [0.1, 0.15) is 5.76 Å². The number of rotatable bonds is 3. The van der Waals surface area contributed by atoms with Crippen LogP contribution in [0.4, 0.5) is 0 Å². The fourth-order valence-electron chi connectivity index (χ4n) is 3.64. The monoisotopic (exact) mass is 293 g/mol. The largest absolute Gasteiger partial charge is 0.469 e. The summed E-state index contributed by atoms with van der Waals surface area (Å²) in [5.41, 5.74) is 3.89. The summed E-state index contributed by atoms with van der Waals surface area (Å²) in [5.74, 6) is 1.26. The second kappa shape index (κ2) is 5.48. The molecule has 0 fully saturated rings. The van der Waals surface area contributed by atoms with E-state index in [1.165, 1.54) is 11.1 Å². The summed E-state index contributed by atoms with van der Waals surface area (Å²) in [4.78, 5) is 12.0. The highest BCUT2D eigenvalue weighted by molar-refractivity contribution is 5.91. The van der Waals surface area contributed by atoms with Gasteiger partial charge in [-0.1, -0.05) is 24.3 Å². The number of hydrogen-bond acceptors (Lipinski definition) is 3. The third kappa shape index (κ3) is 2.59. The minimum Gasteiger partial charge on any atom is -0.469 e. The van der Waals surface area contributed by atoms with Gasteiger partial charge >= 0.3 is 0 Å². The van der Waals surface area contributed by atoms with E-state index in [-0.39, 0.29) is 11.7 Å². The molecule has 1 heterocycles. The molecule has 112 valence electrons. The van der Waals surface area contributed by atoms with Crippen LogP contribution >= 0.6 is 0 Å². The first-order valence-electron chi connectivity index (χ1n) is 7.88. The van der Waals surface area contributed by atoms with Crippen molar-refractivity contribution in [3.63, 3.8) is 0 Å². The molecule has 0 saturated carbocycles. The van der Waals surface area contributed by atoms with Crippen LogP contribution < -0.4 is 5.32 Å². The Balaban J connectivity index is 1.46. The fraction of sp³-hybridized carbons (Fsp3) is 0.316. The van der Waals surface area contributed by atoms with Gasteiger partial charge in [-0.3, -0.25) is 4.79 Å². The fourth-order valence-corrected chi connectivity index (χ4v) is 3.64. The molecule has 3 heteroatoms. The van der Waals surface area contributed by atoms with Gasteiger partial charge in [-0.25, -0.2) is 0 Å². The quantitative estimate of drug-likeness (QED) is 0.943. The molecule has 2 aromatic rings. The molecule has 1 N–H and O–H groups in total. The number of benzene rings is 1. The first-order chi connectivity index (χ1) is 10.8. The van der Waals surface area contributed by atoms with Crippen LogP contribution in [0.1, 0.15) is 35.6 Å². The molecule has 0 spiro atoms. The van der Waals surface area contributed by atoms with Crippen molar-refractivity contribution in [3.8, 4) is 0 Å². The molecule has 2 aliphatic rings. The SMILES string of the molecule is O=C1C=C(NC2Cc3ccccc3C2)CC(c2ccco2)C1. The normalized spacial score (nSPS) is 21.5. The number of furan rings is 1. The van der Waals surface area contributed by atoms with Crippen molar-refractivity contribution in [2.24, 2.45) is 0 Å². The molecule has 1 aromatic carbocycles. The van der Waals surface area contributed by atoms with E-state index in [9.17, 15) is 4.79 Å². The van der Waals surface area contributed by atoms with E-state index >= 15 is 0 Å². The van der Waals surface area contributed by atoms with Crippen molar-refractivity contribution >= 4 is 5.78 Å². The zero-order chi connectivity index (χ0) is 14.9. The standard InChI is InChI=1S/C19H19NO2/c21-18-11-15(19-6-3-7-22-19)10-17(12-18)20-16-8-13-4-1-2-5-14(13)9-16/h1-7,12,15-16,20H,8-11H2. The van der Waals surface area contributed by atoms with Crippen LogP contribution in [-0.2, 0) is 17.6 Å². The van der Waals surface area contributed by atoms with Crippen LogP contribution in [0, 0.1) is 0 Å². The van der Waals surface area contributed by atoms with Crippen molar-refractivity contribution in [3.05, 3.63) is 71.3 Å². The van der Waals surface area contributed by atoms with Gasteiger partial charge in [0, 0.05) is 30.2 Å². The summed E-state index contributed by atoms with van der Waals surface area (Å²) in [7, 11) is 0. The third-order valence-corrected chi connectivity index (χ3v) is 4.64. The molecule has 0 bridgehead atoms. The molecule has 22 heavy (non-hydrogen) atoms. The first-order valence-corrected chi connectivity index (χ1v) is 7.88. The van der Waals surface area contributed by atoms with Crippen LogP contribution in [0.3, 0.4) is 0 Å². The Hall–Kier alpha value is -2.29. The number of hydrogen-bond donors (Lipinski definition) is 1. The molecule has 3 nitrogen and oxygen atoms in total. The molecular weight excluding hydrogens is 274 g/mol. The maximum absolute atomic E-state index is 12.0. The maximum atomic E-state index is 12.0. The maximum Gasteiger partial charge on any atom is 0.158 e. The molecule has 1 unspecified atom stereocenters. The van der Waals surface area contributed by atoms with Crippen LogP contribution in [-0.4, -0.2) is 11.8 Å². The molecule has 0 saturated heterocycles. The van der Waals surface area contributed by atoms with E-state index in [4.69, 9.17) is 4.42 Å². The van der Waals surface area contributed by atoms with Crippen LogP contribution in [0.5, 0.6) is 0 Å². The van der Waals surface area contributed by atoms with Gasteiger partial charge in [0.05, 0.1) is 6.26 Å². The van der Waals surface area contributed by atoms with Gasteiger partial charge < -0.3 is 9.73 Å². The Kier molecular flexibility index (Phi) is 3.34. The number of allylic oxidation sites excluding steroid dienone is 2. The van der Waals surface area contributed by atoms with Crippen molar-refractivity contribution in [1.82, 2.24) is 5.32 Å². The van der Waals surface area contributed by atoms with E-state index in [0.29, 0.717) is 12.5 Å². The van der Waals surface area contributed by atoms with Gasteiger partial charge in [0.15, 0.2) is 5.78 Å². The summed E-state index contributed by atoms with van der Waals surface area (Å²) < 4.78 is 5.48. The number of carbonyl (C=O) groups is 1. The number of carbonyl (C=O) groups excluding carboxylic acids is 1. The van der Waals surface area contributed by atoms with Crippen LogP contribution in [0.15, 0.2) is 58.9 Å². The van der Waals surface area contributed by atoms with Gasteiger partial charge in [0.2, 0.25) is 0 Å². The zero-order valence-corrected chi connectivity index (χ0v) is 12.4.